The summed E-state index contributed by atoms with van der Waals surface area (Å²) in [6.07, 6.45) is 1.55. The van der Waals surface area contributed by atoms with E-state index >= 15 is 0 Å². The second-order valence-corrected chi connectivity index (χ2v) is 9.12. The Bertz CT molecular complexity index is 1240. The molecule has 0 saturated carbocycles. The molecule has 0 aromatic heterocycles. The quantitative estimate of drug-likeness (QED) is 0.473. The van der Waals surface area contributed by atoms with Gasteiger partial charge in [-0.05, 0) is 43.3 Å². The molecule has 3 aromatic carbocycles. The molecule has 0 bridgehead atoms. The van der Waals surface area contributed by atoms with Crippen LogP contribution in [0.2, 0.25) is 0 Å². The predicted octanol–water partition coefficient (Wildman–Crippen LogP) is 3.74. The molecule has 2 N–H and O–H groups in total. The Labute approximate surface area is 193 Å². The Hall–Kier alpha value is -3.91. The maximum absolute atomic E-state index is 13.4. The average Bonchev–Trinajstić information content (AvgIpc) is 2.82. The van der Waals surface area contributed by atoms with Gasteiger partial charge in [-0.25, -0.2) is 8.42 Å². The maximum Gasteiger partial charge on any atom is 0.264 e. The SMILES string of the molecule is C=CCNC(=O)c1ccccc1NC(=O)CN(c1ccccc1)S(=O)(=O)c1ccc(C)cc1. The van der Waals surface area contributed by atoms with Crippen LogP contribution in [0.5, 0.6) is 0 Å². The van der Waals surface area contributed by atoms with Crippen molar-refractivity contribution in [3.8, 4) is 0 Å². The second kappa shape index (κ2) is 10.6. The highest BCUT2D eigenvalue weighted by atomic mass is 32.2. The first kappa shape index (κ1) is 23.7. The van der Waals surface area contributed by atoms with Crippen molar-refractivity contribution >= 4 is 33.2 Å². The summed E-state index contributed by atoms with van der Waals surface area (Å²) in [5.41, 5.74) is 1.82. The summed E-state index contributed by atoms with van der Waals surface area (Å²) in [6.45, 7) is 5.23. The first-order chi connectivity index (χ1) is 15.8. The van der Waals surface area contributed by atoms with Gasteiger partial charge >= 0.3 is 0 Å². The fourth-order valence-corrected chi connectivity index (χ4v) is 4.54. The minimum atomic E-state index is -4.01. The van der Waals surface area contributed by atoms with Crippen LogP contribution < -0.4 is 14.9 Å². The van der Waals surface area contributed by atoms with E-state index in [-0.39, 0.29) is 28.6 Å². The molecule has 3 rings (SSSR count). The van der Waals surface area contributed by atoms with Gasteiger partial charge in [0, 0.05) is 6.54 Å². The van der Waals surface area contributed by atoms with Gasteiger partial charge < -0.3 is 10.6 Å². The number of carbonyl (C=O) groups excluding carboxylic acids is 2. The third-order valence-electron chi connectivity index (χ3n) is 4.79. The Morgan fingerprint density at radius 2 is 1.58 bits per heavy atom. The van der Waals surface area contributed by atoms with Gasteiger partial charge in [0.1, 0.15) is 6.54 Å². The Balaban J connectivity index is 1.89. The minimum absolute atomic E-state index is 0.0777. The molecule has 0 radical (unpaired) electrons. The molecule has 0 heterocycles. The number of anilines is 2. The van der Waals surface area contributed by atoms with E-state index in [0.717, 1.165) is 9.87 Å². The van der Waals surface area contributed by atoms with Crippen molar-refractivity contribution in [2.24, 2.45) is 0 Å². The molecular formula is C25H25N3O4S. The van der Waals surface area contributed by atoms with Crippen molar-refractivity contribution < 1.29 is 18.0 Å². The van der Waals surface area contributed by atoms with Crippen LogP contribution in [0.4, 0.5) is 11.4 Å². The number of sulfonamides is 1. The number of carbonyl (C=O) groups is 2. The monoisotopic (exact) mass is 463 g/mol. The van der Waals surface area contributed by atoms with Crippen molar-refractivity contribution in [3.63, 3.8) is 0 Å². The number of para-hydroxylation sites is 2. The van der Waals surface area contributed by atoms with Gasteiger partial charge in [-0.1, -0.05) is 54.1 Å². The smallest absolute Gasteiger partial charge is 0.264 e. The Morgan fingerprint density at radius 1 is 0.939 bits per heavy atom. The van der Waals surface area contributed by atoms with Crippen LogP contribution >= 0.6 is 0 Å². The van der Waals surface area contributed by atoms with Crippen LogP contribution in [0.3, 0.4) is 0 Å². The molecule has 8 heteroatoms. The highest BCUT2D eigenvalue weighted by Gasteiger charge is 2.27. The number of hydrogen-bond donors (Lipinski definition) is 2. The van der Waals surface area contributed by atoms with Crippen LogP contribution in [0, 0.1) is 6.92 Å². The molecule has 0 fully saturated rings. The summed E-state index contributed by atoms with van der Waals surface area (Å²) in [5.74, 6) is -0.962. The number of nitrogens with zero attached hydrogens (tertiary/aromatic N) is 1. The van der Waals surface area contributed by atoms with Crippen LogP contribution in [-0.2, 0) is 14.8 Å². The van der Waals surface area contributed by atoms with Gasteiger partial charge in [0.15, 0.2) is 0 Å². The van der Waals surface area contributed by atoms with Crippen LogP contribution in [-0.4, -0.2) is 33.3 Å². The van der Waals surface area contributed by atoms with Gasteiger partial charge in [0.25, 0.3) is 15.9 Å². The van der Waals surface area contributed by atoms with E-state index in [9.17, 15) is 18.0 Å². The zero-order valence-corrected chi connectivity index (χ0v) is 19.0. The zero-order valence-electron chi connectivity index (χ0n) is 18.2. The highest BCUT2D eigenvalue weighted by molar-refractivity contribution is 7.92. The van der Waals surface area contributed by atoms with Gasteiger partial charge in [-0.2, -0.15) is 0 Å². The normalized spacial score (nSPS) is 10.8. The number of nitrogens with one attached hydrogen (secondary N) is 2. The molecular weight excluding hydrogens is 438 g/mol. The molecule has 0 unspecified atom stereocenters. The summed E-state index contributed by atoms with van der Waals surface area (Å²) in [5, 5.41) is 5.33. The summed E-state index contributed by atoms with van der Waals surface area (Å²) in [4.78, 5) is 25.4. The summed E-state index contributed by atoms with van der Waals surface area (Å²) < 4.78 is 27.8. The van der Waals surface area contributed by atoms with Gasteiger partial charge in [-0.15, -0.1) is 6.58 Å². The van der Waals surface area contributed by atoms with E-state index in [1.807, 2.05) is 6.92 Å². The van der Waals surface area contributed by atoms with Crippen molar-refractivity contribution in [2.45, 2.75) is 11.8 Å². The lowest BCUT2D eigenvalue weighted by Gasteiger charge is -2.24. The molecule has 0 saturated heterocycles. The average molecular weight is 464 g/mol. The van der Waals surface area contributed by atoms with Crippen LogP contribution in [0.1, 0.15) is 15.9 Å². The van der Waals surface area contributed by atoms with E-state index < -0.39 is 22.5 Å². The summed E-state index contributed by atoms with van der Waals surface area (Å²) in [6, 6.07) is 21.3. The van der Waals surface area contributed by atoms with E-state index in [1.165, 1.54) is 12.1 Å². The van der Waals surface area contributed by atoms with Crippen molar-refractivity contribution in [2.75, 3.05) is 22.7 Å². The molecule has 3 aromatic rings. The molecule has 0 spiro atoms. The third kappa shape index (κ3) is 5.87. The van der Waals surface area contributed by atoms with E-state index in [2.05, 4.69) is 17.2 Å². The molecule has 7 nitrogen and oxygen atoms in total. The van der Waals surface area contributed by atoms with Gasteiger partial charge in [0.2, 0.25) is 5.91 Å². The summed E-state index contributed by atoms with van der Waals surface area (Å²) in [7, 11) is -4.01. The van der Waals surface area contributed by atoms with Crippen LogP contribution in [0.15, 0.2) is 96.4 Å². The fraction of sp³-hybridized carbons (Fsp3) is 0.120. The van der Waals surface area contributed by atoms with Crippen LogP contribution in [0.25, 0.3) is 0 Å². The van der Waals surface area contributed by atoms with Gasteiger partial charge in [-0.3, -0.25) is 13.9 Å². The number of benzene rings is 3. The Morgan fingerprint density at radius 3 is 2.24 bits per heavy atom. The second-order valence-electron chi connectivity index (χ2n) is 7.25. The highest BCUT2D eigenvalue weighted by Crippen LogP contribution is 2.24. The Kier molecular flexibility index (Phi) is 7.63. The minimum Gasteiger partial charge on any atom is -0.349 e. The van der Waals surface area contributed by atoms with Crippen molar-refractivity contribution in [1.29, 1.82) is 0 Å². The van der Waals surface area contributed by atoms with Crippen molar-refractivity contribution in [1.82, 2.24) is 5.32 Å². The van der Waals surface area contributed by atoms with E-state index in [0.29, 0.717) is 5.69 Å². The fourth-order valence-electron chi connectivity index (χ4n) is 3.12. The summed E-state index contributed by atoms with van der Waals surface area (Å²) >= 11 is 0. The molecule has 0 atom stereocenters. The predicted molar refractivity (Wildman–Crippen MR) is 130 cm³/mol. The standard InChI is InChI=1S/C25H25N3O4S/c1-3-17-26-25(30)22-11-7-8-12-23(22)27-24(29)18-28(20-9-5-4-6-10-20)33(31,32)21-15-13-19(2)14-16-21/h3-16H,1,17-18H2,2H3,(H,26,30)(H,27,29). The largest absolute Gasteiger partial charge is 0.349 e. The lowest BCUT2D eigenvalue weighted by molar-refractivity contribution is -0.114. The molecule has 2 amide bonds. The first-order valence-electron chi connectivity index (χ1n) is 10.3. The molecule has 0 aliphatic heterocycles. The zero-order chi connectivity index (χ0) is 23.8. The topological polar surface area (TPSA) is 95.6 Å². The molecule has 0 aliphatic rings. The van der Waals surface area contributed by atoms with E-state index in [4.69, 9.17) is 0 Å². The lowest BCUT2D eigenvalue weighted by atomic mass is 10.1. The van der Waals surface area contributed by atoms with Gasteiger partial charge in [0.05, 0.1) is 21.8 Å². The van der Waals surface area contributed by atoms with Crippen molar-refractivity contribution in [3.05, 3.63) is 103 Å². The maximum atomic E-state index is 13.4. The number of amides is 2. The molecule has 0 aliphatic carbocycles. The lowest BCUT2D eigenvalue weighted by Crippen LogP contribution is -2.38. The number of rotatable bonds is 9. The molecule has 170 valence electrons. The number of aryl methyl sites for hydroxylation is 1. The number of hydrogen-bond acceptors (Lipinski definition) is 4. The molecule has 33 heavy (non-hydrogen) atoms. The van der Waals surface area contributed by atoms with E-state index in [1.54, 1.807) is 72.8 Å². The first-order valence-corrected chi connectivity index (χ1v) is 11.7. The third-order valence-corrected chi connectivity index (χ3v) is 6.58.